The minimum atomic E-state index is -0.995. The Morgan fingerprint density at radius 3 is 2.64 bits per heavy atom. The van der Waals surface area contributed by atoms with Crippen molar-refractivity contribution in [2.75, 3.05) is 23.3 Å². The number of imide groups is 2. The van der Waals surface area contributed by atoms with E-state index in [0.29, 0.717) is 17.5 Å². The molecule has 2 saturated heterocycles. The molecule has 12 nitrogen and oxygen atoms in total. The van der Waals surface area contributed by atoms with E-state index in [1.807, 2.05) is 0 Å². The predicted molar refractivity (Wildman–Crippen MR) is 116 cm³/mol. The lowest BCUT2D eigenvalue weighted by Gasteiger charge is -2.28. The maximum absolute atomic E-state index is 13.2. The SMILES string of the molecule is NC1CCN(c2n[nH]c(NCc3cccc4c3C(=O)N(C3CCC(=O)NC3=O)C4=O)n2)CC1. The van der Waals surface area contributed by atoms with Crippen molar-refractivity contribution in [2.24, 2.45) is 5.73 Å². The third-order valence-electron chi connectivity index (χ3n) is 6.30. The fourth-order valence-corrected chi connectivity index (χ4v) is 4.48. The topological polar surface area (TPSA) is 166 Å². The highest BCUT2D eigenvalue weighted by Gasteiger charge is 2.45. The number of piperidine rings is 2. The summed E-state index contributed by atoms with van der Waals surface area (Å²) < 4.78 is 0. The van der Waals surface area contributed by atoms with E-state index in [2.05, 4.69) is 30.7 Å². The lowest BCUT2D eigenvalue weighted by molar-refractivity contribution is -0.136. The van der Waals surface area contributed by atoms with Gasteiger partial charge in [0.25, 0.3) is 11.8 Å². The van der Waals surface area contributed by atoms with E-state index in [9.17, 15) is 19.2 Å². The van der Waals surface area contributed by atoms with Crippen LogP contribution in [0.2, 0.25) is 0 Å². The molecule has 172 valence electrons. The molecule has 12 heteroatoms. The fourth-order valence-electron chi connectivity index (χ4n) is 4.48. The van der Waals surface area contributed by atoms with E-state index < -0.39 is 29.7 Å². The van der Waals surface area contributed by atoms with Crippen molar-refractivity contribution in [3.05, 3.63) is 34.9 Å². The van der Waals surface area contributed by atoms with Gasteiger partial charge in [0.05, 0.1) is 11.1 Å². The molecule has 2 fully saturated rings. The molecule has 1 atom stereocenters. The van der Waals surface area contributed by atoms with Gasteiger partial charge in [0.1, 0.15) is 6.04 Å². The summed E-state index contributed by atoms with van der Waals surface area (Å²) in [6.45, 7) is 1.81. The Hall–Kier alpha value is -3.80. The van der Waals surface area contributed by atoms with Crippen LogP contribution < -0.4 is 21.3 Å². The van der Waals surface area contributed by atoms with Crippen molar-refractivity contribution in [1.29, 1.82) is 0 Å². The zero-order valence-corrected chi connectivity index (χ0v) is 17.8. The second-order valence-corrected chi connectivity index (χ2v) is 8.45. The van der Waals surface area contributed by atoms with Crippen LogP contribution in [-0.4, -0.2) is 68.9 Å². The molecule has 5 N–H and O–H groups in total. The van der Waals surface area contributed by atoms with Crippen LogP contribution in [-0.2, 0) is 16.1 Å². The van der Waals surface area contributed by atoms with Crippen LogP contribution in [0.5, 0.6) is 0 Å². The van der Waals surface area contributed by atoms with Gasteiger partial charge in [-0.1, -0.05) is 12.1 Å². The van der Waals surface area contributed by atoms with E-state index in [-0.39, 0.29) is 36.6 Å². The largest absolute Gasteiger partial charge is 0.350 e. The molecule has 33 heavy (non-hydrogen) atoms. The quantitative estimate of drug-likeness (QED) is 0.447. The number of nitrogens with zero attached hydrogens (tertiary/aromatic N) is 4. The maximum atomic E-state index is 13.2. The Bertz CT molecular complexity index is 1140. The molecule has 0 aliphatic carbocycles. The molecule has 0 radical (unpaired) electrons. The second kappa shape index (κ2) is 8.28. The van der Waals surface area contributed by atoms with Crippen molar-refractivity contribution >= 4 is 35.5 Å². The van der Waals surface area contributed by atoms with Gasteiger partial charge in [-0.15, -0.1) is 5.10 Å². The predicted octanol–water partition coefficient (Wildman–Crippen LogP) is -0.255. The first-order chi connectivity index (χ1) is 15.9. The smallest absolute Gasteiger partial charge is 0.262 e. The van der Waals surface area contributed by atoms with Crippen LogP contribution >= 0.6 is 0 Å². The number of carbonyl (C=O) groups excluding carboxylic acids is 4. The zero-order valence-electron chi connectivity index (χ0n) is 17.8. The lowest BCUT2D eigenvalue weighted by atomic mass is 10.0. The molecule has 1 aromatic carbocycles. The molecular weight excluding hydrogens is 428 g/mol. The molecule has 0 saturated carbocycles. The highest BCUT2D eigenvalue weighted by Crippen LogP contribution is 2.30. The third kappa shape index (κ3) is 3.82. The summed E-state index contributed by atoms with van der Waals surface area (Å²) >= 11 is 0. The van der Waals surface area contributed by atoms with Crippen molar-refractivity contribution < 1.29 is 19.2 Å². The average molecular weight is 452 g/mol. The van der Waals surface area contributed by atoms with Gasteiger partial charge in [0.2, 0.25) is 23.7 Å². The van der Waals surface area contributed by atoms with E-state index in [1.54, 1.807) is 18.2 Å². The number of hydrogen-bond donors (Lipinski definition) is 4. The Morgan fingerprint density at radius 2 is 1.88 bits per heavy atom. The normalized spacial score (nSPS) is 21.4. The van der Waals surface area contributed by atoms with Crippen LogP contribution in [0.15, 0.2) is 18.2 Å². The summed E-state index contributed by atoms with van der Waals surface area (Å²) in [5, 5.41) is 12.4. The Morgan fingerprint density at radius 1 is 1.09 bits per heavy atom. The van der Waals surface area contributed by atoms with E-state index in [1.165, 1.54) is 0 Å². The van der Waals surface area contributed by atoms with Crippen molar-refractivity contribution in [2.45, 2.75) is 44.3 Å². The molecule has 3 aliphatic heterocycles. The fraction of sp³-hybridized carbons (Fsp3) is 0.429. The van der Waals surface area contributed by atoms with E-state index >= 15 is 0 Å². The average Bonchev–Trinajstić information content (AvgIpc) is 3.37. The third-order valence-corrected chi connectivity index (χ3v) is 6.30. The number of aromatic amines is 1. The zero-order chi connectivity index (χ0) is 23.1. The minimum absolute atomic E-state index is 0.0784. The molecule has 5 rings (SSSR count). The highest BCUT2D eigenvalue weighted by molar-refractivity contribution is 6.24. The summed E-state index contributed by atoms with van der Waals surface area (Å²) in [6, 6.07) is 4.22. The van der Waals surface area contributed by atoms with Gasteiger partial charge >= 0.3 is 0 Å². The van der Waals surface area contributed by atoms with Crippen LogP contribution in [0.4, 0.5) is 11.9 Å². The number of carbonyl (C=O) groups is 4. The van der Waals surface area contributed by atoms with Crippen molar-refractivity contribution in [3.63, 3.8) is 0 Å². The molecular formula is C21H24N8O4. The van der Waals surface area contributed by atoms with Crippen LogP contribution in [0.3, 0.4) is 0 Å². The van der Waals surface area contributed by atoms with Crippen LogP contribution in [0.25, 0.3) is 0 Å². The minimum Gasteiger partial charge on any atom is -0.350 e. The van der Waals surface area contributed by atoms with Gasteiger partial charge in [-0.3, -0.25) is 29.4 Å². The lowest BCUT2D eigenvalue weighted by Crippen LogP contribution is -2.54. The summed E-state index contributed by atoms with van der Waals surface area (Å²) in [7, 11) is 0. The summed E-state index contributed by atoms with van der Waals surface area (Å²) in [6.07, 6.45) is 1.96. The van der Waals surface area contributed by atoms with Gasteiger partial charge in [-0.05, 0) is 30.9 Å². The molecule has 1 aromatic heterocycles. The van der Waals surface area contributed by atoms with Crippen LogP contribution in [0.1, 0.15) is 52.0 Å². The van der Waals surface area contributed by atoms with Crippen molar-refractivity contribution in [1.82, 2.24) is 25.4 Å². The first-order valence-corrected chi connectivity index (χ1v) is 10.9. The Kier molecular flexibility index (Phi) is 5.29. The van der Waals surface area contributed by atoms with Gasteiger partial charge in [0, 0.05) is 32.1 Å². The maximum Gasteiger partial charge on any atom is 0.262 e. The van der Waals surface area contributed by atoms with Crippen molar-refractivity contribution in [3.8, 4) is 0 Å². The van der Waals surface area contributed by atoms with Gasteiger partial charge in [-0.25, -0.2) is 5.10 Å². The molecule has 4 heterocycles. The van der Waals surface area contributed by atoms with E-state index in [0.717, 1.165) is 30.8 Å². The number of rotatable bonds is 5. The number of fused-ring (bicyclic) bond motifs is 1. The summed E-state index contributed by atoms with van der Waals surface area (Å²) in [5.41, 5.74) is 7.05. The molecule has 4 amide bonds. The monoisotopic (exact) mass is 452 g/mol. The van der Waals surface area contributed by atoms with E-state index in [4.69, 9.17) is 5.73 Å². The molecule has 3 aliphatic rings. The number of H-pyrrole nitrogens is 1. The Balaban J connectivity index is 1.31. The molecule has 0 bridgehead atoms. The molecule has 2 aromatic rings. The number of nitrogens with one attached hydrogen (secondary N) is 3. The summed E-state index contributed by atoms with van der Waals surface area (Å²) in [4.78, 5) is 57.3. The second-order valence-electron chi connectivity index (χ2n) is 8.45. The molecule has 0 spiro atoms. The van der Waals surface area contributed by atoms with Gasteiger partial charge in [0.15, 0.2) is 0 Å². The number of nitrogens with two attached hydrogens (primary N) is 1. The van der Waals surface area contributed by atoms with Gasteiger partial charge < -0.3 is 16.0 Å². The number of aromatic nitrogens is 3. The number of hydrogen-bond acceptors (Lipinski definition) is 9. The molecule has 1 unspecified atom stereocenters. The summed E-state index contributed by atoms with van der Waals surface area (Å²) in [5.74, 6) is -1.08. The van der Waals surface area contributed by atoms with Gasteiger partial charge in [-0.2, -0.15) is 4.98 Å². The first kappa shape index (κ1) is 21.1. The number of anilines is 2. The van der Waals surface area contributed by atoms with Crippen LogP contribution in [0, 0.1) is 0 Å². The number of amides is 4. The number of benzene rings is 1. The highest BCUT2D eigenvalue weighted by atomic mass is 16.2. The first-order valence-electron chi connectivity index (χ1n) is 10.9. The standard InChI is InChI=1S/C21H24N8O4/c22-12-6-8-28(9-7-12)21-25-20(26-27-21)23-10-11-2-1-3-13-16(11)19(33)29(18(13)32)14-4-5-15(30)24-17(14)31/h1-3,12,14H,4-10,22H2,(H,24,30,31)(H2,23,25,26,27). The Labute approximate surface area is 188 Å².